The Kier molecular flexibility index (Phi) is 4.72. The van der Waals surface area contributed by atoms with E-state index in [0.717, 1.165) is 11.3 Å². The molecule has 3 N–H and O–H groups in total. The second kappa shape index (κ2) is 6.32. The number of alkyl halides is 1. The minimum atomic E-state index is -1.29. The molecular formula is C12H15ClFN5S. The third-order valence-electron chi connectivity index (χ3n) is 2.67. The minimum absolute atomic E-state index is 0.000986. The highest BCUT2D eigenvalue weighted by Crippen LogP contribution is 2.30. The van der Waals surface area contributed by atoms with E-state index in [4.69, 9.17) is 17.3 Å². The molecule has 0 aliphatic rings. The summed E-state index contributed by atoms with van der Waals surface area (Å²) in [7, 11) is 0. The fourth-order valence-corrected chi connectivity index (χ4v) is 2.89. The van der Waals surface area contributed by atoms with Gasteiger partial charge in [-0.1, -0.05) is 18.5 Å². The fraction of sp³-hybridized carbons (Fsp3) is 0.417. The van der Waals surface area contributed by atoms with Gasteiger partial charge >= 0.3 is 0 Å². The normalized spacial score (nSPS) is 14.0. The summed E-state index contributed by atoms with van der Waals surface area (Å²) in [5, 5.41) is 3.14. The molecular weight excluding hydrogens is 301 g/mol. The number of anilines is 2. The summed E-state index contributed by atoms with van der Waals surface area (Å²) >= 11 is 7.42. The monoisotopic (exact) mass is 315 g/mol. The van der Waals surface area contributed by atoms with Crippen LogP contribution in [-0.4, -0.2) is 15.0 Å². The van der Waals surface area contributed by atoms with E-state index in [1.807, 2.05) is 19.1 Å². The van der Waals surface area contributed by atoms with Crippen molar-refractivity contribution in [3.05, 3.63) is 27.2 Å². The average molecular weight is 316 g/mol. The number of nitrogens with two attached hydrogens (primary N) is 1. The van der Waals surface area contributed by atoms with Crippen LogP contribution in [0.1, 0.15) is 43.2 Å². The van der Waals surface area contributed by atoms with Crippen LogP contribution >= 0.6 is 22.9 Å². The van der Waals surface area contributed by atoms with E-state index in [-0.39, 0.29) is 23.8 Å². The molecule has 0 saturated heterocycles. The van der Waals surface area contributed by atoms with Crippen LogP contribution in [-0.2, 0) is 0 Å². The van der Waals surface area contributed by atoms with E-state index in [1.165, 1.54) is 18.3 Å². The van der Waals surface area contributed by atoms with Crippen LogP contribution < -0.4 is 11.1 Å². The Labute approximate surface area is 125 Å². The van der Waals surface area contributed by atoms with E-state index in [2.05, 4.69) is 20.3 Å². The van der Waals surface area contributed by atoms with Crippen molar-refractivity contribution in [3.8, 4) is 0 Å². The molecule has 2 atom stereocenters. The first kappa shape index (κ1) is 14.9. The summed E-state index contributed by atoms with van der Waals surface area (Å²) < 4.78 is 14.0. The van der Waals surface area contributed by atoms with Gasteiger partial charge in [-0.25, -0.2) is 4.39 Å². The van der Waals surface area contributed by atoms with Crippen LogP contribution in [0.25, 0.3) is 0 Å². The molecule has 1 unspecified atom stereocenters. The summed E-state index contributed by atoms with van der Waals surface area (Å²) in [5.41, 5.74) is 5.57. The smallest absolute Gasteiger partial charge is 0.228 e. The number of nitrogens with zero attached hydrogens (tertiary/aromatic N) is 3. The Morgan fingerprint density at radius 1 is 1.40 bits per heavy atom. The van der Waals surface area contributed by atoms with E-state index in [9.17, 15) is 4.39 Å². The van der Waals surface area contributed by atoms with Crippen molar-refractivity contribution in [3.63, 3.8) is 0 Å². The molecule has 2 aromatic rings. The zero-order valence-electron chi connectivity index (χ0n) is 11.1. The van der Waals surface area contributed by atoms with Crippen LogP contribution in [0.5, 0.6) is 0 Å². The highest BCUT2D eigenvalue weighted by molar-refractivity contribution is 7.16. The molecule has 0 aliphatic heterocycles. The van der Waals surface area contributed by atoms with Gasteiger partial charge in [-0.05, 0) is 25.5 Å². The molecule has 0 spiro atoms. The van der Waals surface area contributed by atoms with Crippen LogP contribution in [0.15, 0.2) is 12.1 Å². The van der Waals surface area contributed by atoms with Crippen molar-refractivity contribution in [1.82, 2.24) is 15.0 Å². The Bertz CT molecular complexity index is 589. The number of rotatable bonds is 5. The highest BCUT2D eigenvalue weighted by Gasteiger charge is 2.16. The van der Waals surface area contributed by atoms with E-state index in [1.54, 1.807) is 0 Å². The summed E-state index contributed by atoms with van der Waals surface area (Å²) in [6, 6.07) is 3.78. The predicted octanol–water partition coefficient (Wildman–Crippen LogP) is 3.76. The van der Waals surface area contributed by atoms with Crippen LogP contribution in [0.4, 0.5) is 16.3 Å². The van der Waals surface area contributed by atoms with Gasteiger partial charge in [-0.2, -0.15) is 15.0 Å². The molecule has 0 aromatic carbocycles. The molecule has 0 fully saturated rings. The number of aromatic nitrogens is 3. The Balaban J connectivity index is 2.23. The maximum atomic E-state index is 13.3. The Morgan fingerprint density at radius 2 is 2.15 bits per heavy atom. The quantitative estimate of drug-likeness (QED) is 0.878. The van der Waals surface area contributed by atoms with E-state index in [0.29, 0.717) is 4.34 Å². The summed E-state index contributed by atoms with van der Waals surface area (Å²) in [6.45, 7) is 3.38. The number of hydrogen-bond acceptors (Lipinski definition) is 6. The zero-order chi connectivity index (χ0) is 14.7. The van der Waals surface area contributed by atoms with Crippen molar-refractivity contribution < 1.29 is 4.39 Å². The molecule has 5 nitrogen and oxygen atoms in total. The van der Waals surface area contributed by atoms with Crippen molar-refractivity contribution in [2.75, 3.05) is 11.1 Å². The fourth-order valence-electron chi connectivity index (χ4n) is 1.70. The lowest BCUT2D eigenvalue weighted by Gasteiger charge is -2.16. The number of thiophene rings is 1. The SMILES string of the molecule is CC[C@@H](Nc1nc(N)nc(C(C)F)n1)c1ccc(Cl)s1. The minimum Gasteiger partial charge on any atom is -0.368 e. The zero-order valence-corrected chi connectivity index (χ0v) is 12.7. The van der Waals surface area contributed by atoms with Crippen LogP contribution in [0.2, 0.25) is 4.34 Å². The lowest BCUT2D eigenvalue weighted by atomic mass is 10.2. The first-order valence-corrected chi connectivity index (χ1v) is 7.36. The van der Waals surface area contributed by atoms with Crippen molar-refractivity contribution >= 4 is 34.8 Å². The Morgan fingerprint density at radius 3 is 2.70 bits per heavy atom. The van der Waals surface area contributed by atoms with Gasteiger partial charge in [-0.3, -0.25) is 0 Å². The van der Waals surface area contributed by atoms with Gasteiger partial charge < -0.3 is 11.1 Å². The lowest BCUT2D eigenvalue weighted by Crippen LogP contribution is -2.14. The number of nitrogen functional groups attached to an aromatic ring is 1. The maximum absolute atomic E-state index is 13.3. The maximum Gasteiger partial charge on any atom is 0.228 e. The number of hydrogen-bond donors (Lipinski definition) is 2. The van der Waals surface area contributed by atoms with E-state index < -0.39 is 6.17 Å². The molecule has 0 amide bonds. The third kappa shape index (κ3) is 3.55. The molecule has 108 valence electrons. The second-order valence-electron chi connectivity index (χ2n) is 4.24. The van der Waals surface area contributed by atoms with Gasteiger partial charge in [0.05, 0.1) is 10.4 Å². The number of halogens is 2. The first-order valence-electron chi connectivity index (χ1n) is 6.17. The molecule has 2 heterocycles. The average Bonchev–Trinajstić information content (AvgIpc) is 2.81. The summed E-state index contributed by atoms with van der Waals surface area (Å²) in [4.78, 5) is 12.8. The largest absolute Gasteiger partial charge is 0.368 e. The predicted molar refractivity (Wildman–Crippen MR) is 79.7 cm³/mol. The topological polar surface area (TPSA) is 76.7 Å². The van der Waals surface area contributed by atoms with Crippen molar-refractivity contribution in [2.24, 2.45) is 0 Å². The molecule has 8 heteroatoms. The molecule has 0 saturated carbocycles. The molecule has 0 radical (unpaired) electrons. The van der Waals surface area contributed by atoms with Crippen molar-refractivity contribution in [1.29, 1.82) is 0 Å². The molecule has 0 aliphatic carbocycles. The van der Waals surface area contributed by atoms with Gasteiger partial charge in [0.25, 0.3) is 0 Å². The first-order chi connectivity index (χ1) is 9.49. The third-order valence-corrected chi connectivity index (χ3v) is 4.02. The number of nitrogens with one attached hydrogen (secondary N) is 1. The lowest BCUT2D eigenvalue weighted by molar-refractivity contribution is 0.356. The molecule has 2 aromatic heterocycles. The molecule has 0 bridgehead atoms. The van der Waals surface area contributed by atoms with Crippen LogP contribution in [0, 0.1) is 0 Å². The highest BCUT2D eigenvalue weighted by atomic mass is 35.5. The van der Waals surface area contributed by atoms with Gasteiger partial charge in [0.2, 0.25) is 11.9 Å². The standard InChI is InChI=1S/C12H15ClFN5S/c1-3-7(8-4-5-9(13)20-8)16-12-18-10(6(2)14)17-11(15)19-12/h4-7H,3H2,1-2H3,(H3,15,16,17,18,19)/t6?,7-/m1/s1. The summed E-state index contributed by atoms with van der Waals surface area (Å²) in [6.07, 6.45) is -0.486. The van der Waals surface area contributed by atoms with Crippen LogP contribution in [0.3, 0.4) is 0 Å². The summed E-state index contributed by atoms with van der Waals surface area (Å²) in [5.74, 6) is 0.300. The Hall–Kier alpha value is -1.47. The van der Waals surface area contributed by atoms with Crippen molar-refractivity contribution in [2.45, 2.75) is 32.5 Å². The van der Waals surface area contributed by atoms with E-state index >= 15 is 0 Å². The second-order valence-corrected chi connectivity index (χ2v) is 5.99. The molecule has 2 rings (SSSR count). The molecule has 20 heavy (non-hydrogen) atoms. The van der Waals surface area contributed by atoms with Gasteiger partial charge in [-0.15, -0.1) is 11.3 Å². The van der Waals surface area contributed by atoms with Gasteiger partial charge in [0, 0.05) is 4.88 Å². The van der Waals surface area contributed by atoms with Gasteiger partial charge in [0.15, 0.2) is 12.0 Å². The van der Waals surface area contributed by atoms with Gasteiger partial charge in [0.1, 0.15) is 0 Å².